The van der Waals surface area contributed by atoms with E-state index in [-0.39, 0.29) is 0 Å². The number of hydrogen-bond donors (Lipinski definition) is 2. The molecule has 0 spiro atoms. The van der Waals surface area contributed by atoms with E-state index in [0.29, 0.717) is 10.8 Å². The van der Waals surface area contributed by atoms with Crippen LogP contribution in [0.1, 0.15) is 46.0 Å². The summed E-state index contributed by atoms with van der Waals surface area (Å²) in [6, 6.07) is 0.513. The number of H-pyrrole nitrogens is 1. The third-order valence-corrected chi connectivity index (χ3v) is 3.83. The molecule has 1 saturated carbocycles. The number of nitrogens with one attached hydrogen (secondary N) is 2. The lowest BCUT2D eigenvalue weighted by Crippen LogP contribution is -2.27. The lowest BCUT2D eigenvalue weighted by molar-refractivity contribution is 0.460. The highest BCUT2D eigenvalue weighted by Crippen LogP contribution is 2.20. The maximum absolute atomic E-state index is 5.16. The molecular formula is C13H23N5S. The van der Waals surface area contributed by atoms with Crippen LogP contribution in [0.15, 0.2) is 0 Å². The van der Waals surface area contributed by atoms with Gasteiger partial charge in [0.1, 0.15) is 0 Å². The summed E-state index contributed by atoms with van der Waals surface area (Å²) in [7, 11) is 0. The Bertz CT molecular complexity index is 449. The van der Waals surface area contributed by atoms with Crippen molar-refractivity contribution in [2.75, 3.05) is 23.3 Å². The molecule has 19 heavy (non-hydrogen) atoms. The molecule has 6 heteroatoms. The van der Waals surface area contributed by atoms with Gasteiger partial charge in [-0.25, -0.2) is 0 Å². The van der Waals surface area contributed by atoms with Crippen LogP contribution in [-0.2, 0) is 0 Å². The molecule has 0 atom stereocenters. The molecule has 1 heterocycles. The first-order valence-corrected chi connectivity index (χ1v) is 7.63. The highest BCUT2D eigenvalue weighted by atomic mass is 32.1. The number of nitrogens with zero attached hydrogens (tertiary/aromatic N) is 3. The van der Waals surface area contributed by atoms with Gasteiger partial charge in [-0.3, -0.25) is 4.98 Å². The fourth-order valence-corrected chi connectivity index (χ4v) is 2.73. The fourth-order valence-electron chi connectivity index (χ4n) is 2.55. The van der Waals surface area contributed by atoms with E-state index in [1.54, 1.807) is 0 Å². The van der Waals surface area contributed by atoms with E-state index >= 15 is 0 Å². The number of aromatic amines is 1. The van der Waals surface area contributed by atoms with Gasteiger partial charge >= 0.3 is 0 Å². The van der Waals surface area contributed by atoms with Crippen LogP contribution in [0.5, 0.6) is 0 Å². The molecule has 5 nitrogen and oxygen atoms in total. The number of rotatable bonds is 5. The summed E-state index contributed by atoms with van der Waals surface area (Å²) in [4.78, 5) is 14.0. The maximum atomic E-state index is 5.16. The molecule has 2 N–H and O–H groups in total. The molecule has 106 valence electrons. The van der Waals surface area contributed by atoms with Crippen molar-refractivity contribution in [1.82, 2.24) is 15.0 Å². The van der Waals surface area contributed by atoms with Crippen molar-refractivity contribution in [2.24, 2.45) is 0 Å². The van der Waals surface area contributed by atoms with Gasteiger partial charge in [0.15, 0.2) is 0 Å². The largest absolute Gasteiger partial charge is 0.353 e. The van der Waals surface area contributed by atoms with Crippen molar-refractivity contribution in [3.63, 3.8) is 0 Å². The molecule has 1 aliphatic carbocycles. The summed E-state index contributed by atoms with van der Waals surface area (Å²) in [5, 5.41) is 3.47. The quantitative estimate of drug-likeness (QED) is 0.812. The Kier molecular flexibility index (Phi) is 5.13. The summed E-state index contributed by atoms with van der Waals surface area (Å²) in [5.41, 5.74) is 0. The Balaban J connectivity index is 2.13. The summed E-state index contributed by atoms with van der Waals surface area (Å²) in [6.45, 7) is 6.02. The zero-order valence-corrected chi connectivity index (χ0v) is 12.6. The summed E-state index contributed by atoms with van der Waals surface area (Å²) >= 11 is 5.16. The molecule has 0 aliphatic heterocycles. The van der Waals surface area contributed by atoms with Gasteiger partial charge in [0, 0.05) is 19.1 Å². The van der Waals surface area contributed by atoms with E-state index in [0.717, 1.165) is 25.0 Å². The second kappa shape index (κ2) is 6.84. The lowest BCUT2D eigenvalue weighted by atomic mass is 9.96. The summed E-state index contributed by atoms with van der Waals surface area (Å²) in [6.07, 6.45) is 6.37. The fraction of sp³-hybridized carbons (Fsp3) is 0.769. The van der Waals surface area contributed by atoms with E-state index in [2.05, 4.69) is 39.0 Å². The van der Waals surface area contributed by atoms with Gasteiger partial charge in [-0.1, -0.05) is 19.3 Å². The second-order valence-corrected chi connectivity index (χ2v) is 5.32. The average molecular weight is 281 g/mol. The van der Waals surface area contributed by atoms with Crippen molar-refractivity contribution in [2.45, 2.75) is 52.0 Å². The molecule has 0 amide bonds. The van der Waals surface area contributed by atoms with Gasteiger partial charge in [0.2, 0.25) is 16.7 Å². The second-order valence-electron chi connectivity index (χ2n) is 4.95. The topological polar surface area (TPSA) is 56.8 Å². The van der Waals surface area contributed by atoms with E-state index in [1.807, 2.05) is 0 Å². The predicted molar refractivity (Wildman–Crippen MR) is 81.3 cm³/mol. The Hall–Kier alpha value is -1.17. The first kappa shape index (κ1) is 14.2. The molecule has 1 aromatic heterocycles. The average Bonchev–Trinajstić information content (AvgIpc) is 2.40. The molecule has 2 rings (SSSR count). The van der Waals surface area contributed by atoms with Gasteiger partial charge in [0.25, 0.3) is 0 Å². The first-order valence-electron chi connectivity index (χ1n) is 7.22. The predicted octanol–water partition coefficient (Wildman–Crippen LogP) is 3.12. The molecular weight excluding hydrogens is 258 g/mol. The minimum Gasteiger partial charge on any atom is -0.353 e. The Morgan fingerprint density at radius 3 is 2.53 bits per heavy atom. The zero-order valence-electron chi connectivity index (χ0n) is 11.8. The minimum atomic E-state index is 0.402. The Morgan fingerprint density at radius 2 is 1.89 bits per heavy atom. The minimum absolute atomic E-state index is 0.402. The monoisotopic (exact) mass is 281 g/mol. The molecule has 1 fully saturated rings. The number of hydrogen-bond acceptors (Lipinski definition) is 5. The lowest BCUT2D eigenvalue weighted by Gasteiger charge is -2.24. The summed E-state index contributed by atoms with van der Waals surface area (Å²) in [5.74, 6) is 1.57. The molecule has 0 unspecified atom stereocenters. The van der Waals surface area contributed by atoms with Crippen LogP contribution in [0.2, 0.25) is 0 Å². The smallest absolute Gasteiger partial charge is 0.225 e. The van der Waals surface area contributed by atoms with Crippen LogP contribution in [0.25, 0.3) is 0 Å². The third kappa shape index (κ3) is 3.89. The number of aromatic nitrogens is 3. The first-order chi connectivity index (χ1) is 9.22. The molecule has 0 saturated heterocycles. The van der Waals surface area contributed by atoms with E-state index in [4.69, 9.17) is 12.2 Å². The van der Waals surface area contributed by atoms with Gasteiger partial charge in [-0.05, 0) is 38.9 Å². The van der Waals surface area contributed by atoms with Crippen LogP contribution in [-0.4, -0.2) is 34.1 Å². The SMILES string of the molecule is CCN(CC)c1nc(=S)nc(NC2CCCCC2)[nH]1. The summed E-state index contributed by atoms with van der Waals surface area (Å²) < 4.78 is 0.402. The van der Waals surface area contributed by atoms with Crippen LogP contribution in [0, 0.1) is 4.77 Å². The van der Waals surface area contributed by atoms with Gasteiger partial charge in [-0.15, -0.1) is 0 Å². The van der Waals surface area contributed by atoms with Gasteiger partial charge in [-0.2, -0.15) is 9.97 Å². The van der Waals surface area contributed by atoms with Crippen LogP contribution >= 0.6 is 12.2 Å². The van der Waals surface area contributed by atoms with Crippen molar-refractivity contribution in [3.8, 4) is 0 Å². The number of anilines is 2. The highest BCUT2D eigenvalue weighted by Gasteiger charge is 2.14. The molecule has 1 aliphatic rings. The molecule has 0 radical (unpaired) electrons. The highest BCUT2D eigenvalue weighted by molar-refractivity contribution is 7.71. The van der Waals surface area contributed by atoms with Crippen molar-refractivity contribution < 1.29 is 0 Å². The van der Waals surface area contributed by atoms with Crippen LogP contribution in [0.3, 0.4) is 0 Å². The van der Waals surface area contributed by atoms with E-state index in [1.165, 1.54) is 32.1 Å². The van der Waals surface area contributed by atoms with Gasteiger partial charge in [0.05, 0.1) is 0 Å². The molecule has 0 bridgehead atoms. The normalized spacial score (nSPS) is 16.3. The van der Waals surface area contributed by atoms with E-state index in [9.17, 15) is 0 Å². The van der Waals surface area contributed by atoms with Crippen LogP contribution in [0.4, 0.5) is 11.9 Å². The maximum Gasteiger partial charge on any atom is 0.225 e. The van der Waals surface area contributed by atoms with Crippen molar-refractivity contribution in [1.29, 1.82) is 0 Å². The van der Waals surface area contributed by atoms with E-state index < -0.39 is 0 Å². The standard InChI is InChI=1S/C13H23N5S/c1-3-18(4-2)12-15-11(16-13(19)17-12)14-10-8-6-5-7-9-10/h10H,3-9H2,1-2H3,(H2,14,15,16,17,19). The third-order valence-electron chi connectivity index (χ3n) is 3.65. The zero-order chi connectivity index (χ0) is 13.7. The molecule has 0 aromatic carbocycles. The van der Waals surface area contributed by atoms with Crippen molar-refractivity contribution >= 4 is 24.1 Å². The Labute approximate surface area is 119 Å². The van der Waals surface area contributed by atoms with Gasteiger partial charge < -0.3 is 10.2 Å². The Morgan fingerprint density at radius 1 is 1.21 bits per heavy atom. The molecule has 1 aromatic rings. The van der Waals surface area contributed by atoms with Crippen LogP contribution < -0.4 is 10.2 Å². The van der Waals surface area contributed by atoms with Crippen molar-refractivity contribution in [3.05, 3.63) is 4.77 Å².